The van der Waals surface area contributed by atoms with Gasteiger partial charge in [0.05, 0.1) is 17.6 Å². The van der Waals surface area contributed by atoms with Crippen molar-refractivity contribution in [2.45, 2.75) is 84.3 Å². The molecule has 2 heterocycles. The second kappa shape index (κ2) is 12.1. The summed E-state index contributed by atoms with van der Waals surface area (Å²) in [6.07, 6.45) is -1.79. The van der Waals surface area contributed by atoms with E-state index < -0.39 is 53.5 Å². The molecular formula is C28H38BrN5O7. The summed E-state index contributed by atoms with van der Waals surface area (Å²) in [4.78, 5) is 54.3. The second-order valence-corrected chi connectivity index (χ2v) is 12.7. The normalized spacial score (nSPS) is 18.0. The zero-order chi connectivity index (χ0) is 30.9. The Kier molecular flexibility index (Phi) is 9.41. The van der Waals surface area contributed by atoms with Crippen molar-refractivity contribution >= 4 is 45.8 Å². The first-order chi connectivity index (χ1) is 18.9. The highest BCUT2D eigenvalue weighted by atomic mass is 79.9. The lowest BCUT2D eigenvalue weighted by molar-refractivity contribution is -0.00662. The summed E-state index contributed by atoms with van der Waals surface area (Å²) in [6, 6.07) is 7.38. The van der Waals surface area contributed by atoms with Crippen molar-refractivity contribution < 1.29 is 33.4 Å². The van der Waals surface area contributed by atoms with Crippen LogP contribution in [-0.2, 0) is 14.2 Å². The minimum Gasteiger partial charge on any atom is -0.457 e. The molecule has 2 N–H and O–H groups in total. The molecule has 0 spiro atoms. The number of nitrogens with zero attached hydrogens (tertiary/aromatic N) is 4. The van der Waals surface area contributed by atoms with E-state index in [9.17, 15) is 19.2 Å². The maximum Gasteiger partial charge on any atom is 0.415 e. The molecule has 0 saturated carbocycles. The first-order valence-corrected chi connectivity index (χ1v) is 14.0. The molecule has 3 atom stereocenters. The quantitative estimate of drug-likeness (QED) is 0.348. The minimum atomic E-state index is -0.808. The maximum absolute atomic E-state index is 13.3. The van der Waals surface area contributed by atoms with E-state index in [0.717, 1.165) is 4.90 Å². The topological polar surface area (TPSA) is 146 Å². The molecule has 2 aromatic rings. The average molecular weight is 637 g/mol. The number of hydrogen-bond acceptors (Lipinski definition) is 8. The van der Waals surface area contributed by atoms with Crippen molar-refractivity contribution in [3.63, 3.8) is 0 Å². The number of aromatic nitrogens is 2. The number of ether oxygens (including phenoxy) is 3. The SMILES string of the molecule is CC(OC(=O)c1ccccc1)[C@H]1C[C@H](n2nc(Br)c(C(N)=O)c2N(C)C(=O)OC(C)(C)C)CN1C(=O)OC(C)(C)C. The number of hydrogen-bond donors (Lipinski definition) is 1. The number of likely N-dealkylation sites (tertiary alicyclic amines) is 1. The molecule has 224 valence electrons. The van der Waals surface area contributed by atoms with Gasteiger partial charge >= 0.3 is 18.2 Å². The molecule has 1 unspecified atom stereocenters. The highest BCUT2D eigenvalue weighted by Gasteiger charge is 2.44. The van der Waals surface area contributed by atoms with Crippen LogP contribution in [0.15, 0.2) is 34.9 Å². The van der Waals surface area contributed by atoms with Crippen LogP contribution in [0.25, 0.3) is 0 Å². The standard InChI is InChI=1S/C28H38BrN5O7/c1-16(39-24(36)17-12-10-9-11-13-17)19-14-18(15-33(19)26(38)41-28(5,6)7)34-23(20(22(30)35)21(29)31-34)32(8)25(37)40-27(2,3)4/h9-13,16,18-19H,14-15H2,1-8H3,(H2,30,35)/t16?,18-,19+/m0/s1. The zero-order valence-electron chi connectivity index (χ0n) is 24.6. The number of carbonyl (C=O) groups excluding carboxylic acids is 4. The van der Waals surface area contributed by atoms with Crippen molar-refractivity contribution in [1.82, 2.24) is 14.7 Å². The predicted octanol–water partition coefficient (Wildman–Crippen LogP) is 4.91. The fourth-order valence-electron chi connectivity index (χ4n) is 4.49. The van der Waals surface area contributed by atoms with E-state index in [1.165, 1.54) is 16.6 Å². The highest BCUT2D eigenvalue weighted by Crippen LogP contribution is 2.38. The third kappa shape index (κ3) is 7.78. The lowest BCUT2D eigenvalue weighted by Gasteiger charge is -2.31. The van der Waals surface area contributed by atoms with E-state index in [2.05, 4.69) is 21.0 Å². The third-order valence-corrected chi connectivity index (χ3v) is 6.77. The number of rotatable bonds is 6. The lowest BCUT2D eigenvalue weighted by Crippen LogP contribution is -2.45. The summed E-state index contributed by atoms with van der Waals surface area (Å²) in [6.45, 7) is 12.2. The van der Waals surface area contributed by atoms with E-state index in [1.807, 2.05) is 0 Å². The van der Waals surface area contributed by atoms with Gasteiger partial charge in [0.2, 0.25) is 0 Å². The van der Waals surface area contributed by atoms with Gasteiger partial charge in [-0.05, 0) is 82.9 Å². The number of benzene rings is 1. The molecule has 41 heavy (non-hydrogen) atoms. The Bertz CT molecular complexity index is 1300. The van der Waals surface area contributed by atoms with Crippen LogP contribution in [0.1, 0.15) is 81.6 Å². The van der Waals surface area contributed by atoms with E-state index >= 15 is 0 Å². The first kappa shape index (κ1) is 31.9. The minimum absolute atomic E-state index is 0.0193. The molecule has 0 bridgehead atoms. The molecule has 1 aliphatic rings. The van der Waals surface area contributed by atoms with Gasteiger partial charge in [-0.1, -0.05) is 18.2 Å². The van der Waals surface area contributed by atoms with Gasteiger partial charge in [-0.15, -0.1) is 0 Å². The zero-order valence-corrected chi connectivity index (χ0v) is 26.2. The number of anilines is 1. The van der Waals surface area contributed by atoms with E-state index in [4.69, 9.17) is 19.9 Å². The summed E-state index contributed by atoms with van der Waals surface area (Å²) >= 11 is 3.29. The van der Waals surface area contributed by atoms with E-state index in [-0.39, 0.29) is 29.0 Å². The number of carbonyl (C=O) groups is 4. The Morgan fingerprint density at radius 1 is 1.05 bits per heavy atom. The summed E-state index contributed by atoms with van der Waals surface area (Å²) in [5.74, 6) is -1.24. The Morgan fingerprint density at radius 3 is 2.17 bits per heavy atom. The second-order valence-electron chi connectivity index (χ2n) is 11.9. The fourth-order valence-corrected chi connectivity index (χ4v) is 5.03. The Morgan fingerprint density at radius 2 is 1.63 bits per heavy atom. The first-order valence-electron chi connectivity index (χ1n) is 13.2. The largest absolute Gasteiger partial charge is 0.457 e. The van der Waals surface area contributed by atoms with Crippen LogP contribution in [0.4, 0.5) is 15.4 Å². The van der Waals surface area contributed by atoms with Gasteiger partial charge in [0.1, 0.15) is 27.5 Å². The highest BCUT2D eigenvalue weighted by molar-refractivity contribution is 9.10. The summed E-state index contributed by atoms with van der Waals surface area (Å²) < 4.78 is 18.5. The van der Waals surface area contributed by atoms with Gasteiger partial charge in [0.15, 0.2) is 5.82 Å². The fraction of sp³-hybridized carbons (Fsp3) is 0.536. The van der Waals surface area contributed by atoms with Crippen LogP contribution in [-0.4, -0.2) is 75.7 Å². The van der Waals surface area contributed by atoms with Gasteiger partial charge in [-0.25, -0.2) is 19.1 Å². The molecule has 3 rings (SSSR count). The Labute approximate surface area is 248 Å². The van der Waals surface area contributed by atoms with Crippen LogP contribution < -0.4 is 10.6 Å². The third-order valence-electron chi connectivity index (χ3n) is 6.21. The molecule has 13 heteroatoms. The molecule has 1 aromatic heterocycles. The predicted molar refractivity (Wildman–Crippen MR) is 155 cm³/mol. The van der Waals surface area contributed by atoms with Crippen LogP contribution in [0.3, 0.4) is 0 Å². The molecule has 1 saturated heterocycles. The van der Waals surface area contributed by atoms with Gasteiger partial charge < -0.3 is 19.9 Å². The van der Waals surface area contributed by atoms with Crippen LogP contribution in [0, 0.1) is 0 Å². The molecule has 1 fully saturated rings. The number of esters is 1. The smallest absolute Gasteiger partial charge is 0.415 e. The number of amides is 3. The maximum atomic E-state index is 13.3. The molecule has 0 radical (unpaired) electrons. The van der Waals surface area contributed by atoms with Crippen LogP contribution in [0.5, 0.6) is 0 Å². The van der Waals surface area contributed by atoms with Crippen molar-refractivity contribution in [3.8, 4) is 0 Å². The van der Waals surface area contributed by atoms with E-state index in [0.29, 0.717) is 5.56 Å². The lowest BCUT2D eigenvalue weighted by atomic mass is 10.1. The Hall–Kier alpha value is -3.61. The van der Waals surface area contributed by atoms with Crippen molar-refractivity contribution in [1.29, 1.82) is 0 Å². The number of nitrogens with two attached hydrogens (primary N) is 1. The van der Waals surface area contributed by atoms with Crippen molar-refractivity contribution in [2.24, 2.45) is 5.73 Å². The monoisotopic (exact) mass is 635 g/mol. The van der Waals surface area contributed by atoms with Gasteiger partial charge in [0.25, 0.3) is 5.91 Å². The molecule has 0 aliphatic carbocycles. The summed E-state index contributed by atoms with van der Waals surface area (Å²) in [7, 11) is 1.45. The van der Waals surface area contributed by atoms with Gasteiger partial charge in [-0.3, -0.25) is 14.6 Å². The van der Waals surface area contributed by atoms with Crippen LogP contribution in [0.2, 0.25) is 0 Å². The summed E-state index contributed by atoms with van der Waals surface area (Å²) in [5, 5.41) is 4.48. The summed E-state index contributed by atoms with van der Waals surface area (Å²) in [5.41, 5.74) is 4.46. The molecule has 3 amide bonds. The van der Waals surface area contributed by atoms with Crippen molar-refractivity contribution in [2.75, 3.05) is 18.5 Å². The van der Waals surface area contributed by atoms with Gasteiger partial charge in [0, 0.05) is 13.6 Å². The van der Waals surface area contributed by atoms with Gasteiger partial charge in [-0.2, -0.15) is 5.10 Å². The molecular weight excluding hydrogens is 598 g/mol. The molecule has 12 nitrogen and oxygen atoms in total. The Balaban J connectivity index is 2.00. The molecule has 1 aromatic carbocycles. The number of primary amides is 1. The van der Waals surface area contributed by atoms with Crippen LogP contribution >= 0.6 is 15.9 Å². The molecule has 1 aliphatic heterocycles. The van der Waals surface area contributed by atoms with Crippen molar-refractivity contribution in [3.05, 3.63) is 46.1 Å². The average Bonchev–Trinajstić information content (AvgIpc) is 3.43. The number of halogens is 1. The van der Waals surface area contributed by atoms with E-state index in [1.54, 1.807) is 78.8 Å².